The number of Topliss-reactive ketones (excluding diaryl/α,β-unsaturated/α-hetero) is 1. The van der Waals surface area contributed by atoms with Crippen LogP contribution in [0.5, 0.6) is 5.75 Å². The van der Waals surface area contributed by atoms with Gasteiger partial charge in [-0.3, -0.25) is 14.6 Å². The van der Waals surface area contributed by atoms with Crippen molar-refractivity contribution in [2.24, 2.45) is 0 Å². The summed E-state index contributed by atoms with van der Waals surface area (Å²) in [6, 6.07) is 13.8. The van der Waals surface area contributed by atoms with Crippen LogP contribution in [0.3, 0.4) is 0 Å². The molecule has 0 bridgehead atoms. The number of nitrogens with one attached hydrogen (secondary N) is 1. The predicted octanol–water partition coefficient (Wildman–Crippen LogP) is 3.08. The Bertz CT molecular complexity index is 999. The minimum Gasteiger partial charge on any atom is -0.487 e. The third-order valence-corrected chi connectivity index (χ3v) is 4.34. The number of carbonyl (C=O) groups excluding carboxylic acids is 1. The van der Waals surface area contributed by atoms with Crippen LogP contribution in [0.15, 0.2) is 65.7 Å². The molecule has 0 unspecified atom stereocenters. The lowest BCUT2D eigenvalue weighted by molar-refractivity contribution is 0.0970. The zero-order valence-corrected chi connectivity index (χ0v) is 16.1. The number of nitrogens with zero attached hydrogens (tertiary/aromatic N) is 2. The first-order chi connectivity index (χ1) is 13.5. The van der Waals surface area contributed by atoms with Gasteiger partial charge in [-0.25, -0.2) is 0 Å². The maximum absolute atomic E-state index is 12.4. The summed E-state index contributed by atoms with van der Waals surface area (Å²) >= 11 is 5.80. The molecule has 28 heavy (non-hydrogen) atoms. The van der Waals surface area contributed by atoms with Gasteiger partial charge in [-0.15, -0.1) is 0 Å². The second kappa shape index (κ2) is 9.30. The van der Waals surface area contributed by atoms with Crippen LogP contribution < -0.4 is 15.6 Å². The predicted molar refractivity (Wildman–Crippen MR) is 108 cm³/mol. The molecule has 2 heterocycles. The third kappa shape index (κ3) is 5.28. The topological polar surface area (TPSA) is 73.2 Å². The van der Waals surface area contributed by atoms with Gasteiger partial charge in [0.25, 0.3) is 5.56 Å². The summed E-state index contributed by atoms with van der Waals surface area (Å²) in [6.45, 7) is 0.933. The number of carbonyl (C=O) groups is 1. The number of aromatic nitrogens is 2. The van der Waals surface area contributed by atoms with Crippen molar-refractivity contribution in [3.8, 4) is 5.75 Å². The van der Waals surface area contributed by atoms with Crippen molar-refractivity contribution in [3.63, 3.8) is 0 Å². The summed E-state index contributed by atoms with van der Waals surface area (Å²) in [5.74, 6) is 0.291. The molecule has 3 rings (SSSR count). The average Bonchev–Trinajstić information content (AvgIpc) is 2.70. The Kier molecular flexibility index (Phi) is 6.57. The van der Waals surface area contributed by atoms with Gasteiger partial charge in [0.1, 0.15) is 12.4 Å². The standard InChI is InChI=1S/C21H20ClN3O3/c1-23-11-15-2-4-16(5-3-15)20(26)13-25-9-8-19(10-21(25)27)28-14-18-7-6-17(22)12-24-18/h2-10,12,23H,11,13-14H2,1H3. The van der Waals surface area contributed by atoms with E-state index in [2.05, 4.69) is 10.3 Å². The van der Waals surface area contributed by atoms with Gasteiger partial charge < -0.3 is 14.6 Å². The molecule has 144 valence electrons. The SMILES string of the molecule is CNCc1ccc(C(=O)Cn2ccc(OCc3ccc(Cl)cn3)cc2=O)cc1. The molecule has 0 aliphatic carbocycles. The minimum atomic E-state index is -0.304. The van der Waals surface area contributed by atoms with Gasteiger partial charge in [-0.2, -0.15) is 0 Å². The Labute approximate surface area is 167 Å². The molecule has 0 aliphatic rings. The van der Waals surface area contributed by atoms with E-state index in [-0.39, 0.29) is 24.5 Å². The fourth-order valence-electron chi connectivity index (χ4n) is 2.62. The van der Waals surface area contributed by atoms with Gasteiger partial charge in [0.2, 0.25) is 0 Å². The summed E-state index contributed by atoms with van der Waals surface area (Å²) in [4.78, 5) is 28.9. The molecule has 0 saturated carbocycles. The molecule has 0 fully saturated rings. The molecule has 0 aliphatic heterocycles. The zero-order valence-electron chi connectivity index (χ0n) is 15.4. The Morgan fingerprint density at radius 1 is 1.18 bits per heavy atom. The quantitative estimate of drug-likeness (QED) is 0.591. The summed E-state index contributed by atoms with van der Waals surface area (Å²) < 4.78 is 6.94. The Hall–Kier alpha value is -2.96. The fraction of sp³-hybridized carbons (Fsp3) is 0.190. The number of ether oxygens (including phenoxy) is 1. The highest BCUT2D eigenvalue weighted by atomic mass is 35.5. The minimum absolute atomic E-state index is 0.0246. The molecule has 7 heteroatoms. The van der Waals surface area contributed by atoms with Crippen molar-refractivity contribution in [1.82, 2.24) is 14.9 Å². The van der Waals surface area contributed by atoms with E-state index in [0.29, 0.717) is 22.0 Å². The van der Waals surface area contributed by atoms with Gasteiger partial charge in [-0.05, 0) is 30.8 Å². The van der Waals surface area contributed by atoms with Crippen LogP contribution in [0, 0.1) is 0 Å². The van der Waals surface area contributed by atoms with Crippen molar-refractivity contribution >= 4 is 17.4 Å². The van der Waals surface area contributed by atoms with Crippen LogP contribution in [0.2, 0.25) is 5.02 Å². The van der Waals surface area contributed by atoms with E-state index < -0.39 is 0 Å². The number of benzene rings is 1. The molecular formula is C21H20ClN3O3. The zero-order chi connectivity index (χ0) is 19.9. The van der Waals surface area contributed by atoms with Crippen LogP contribution in [0.1, 0.15) is 21.6 Å². The number of pyridine rings is 2. The first-order valence-electron chi connectivity index (χ1n) is 8.75. The maximum atomic E-state index is 12.4. The number of hydrogen-bond donors (Lipinski definition) is 1. The van der Waals surface area contributed by atoms with Crippen LogP contribution in [-0.4, -0.2) is 22.4 Å². The van der Waals surface area contributed by atoms with E-state index >= 15 is 0 Å². The lowest BCUT2D eigenvalue weighted by Gasteiger charge is -2.09. The normalized spacial score (nSPS) is 10.6. The Balaban J connectivity index is 1.62. The molecule has 0 saturated heterocycles. The summed E-state index contributed by atoms with van der Waals surface area (Å²) in [5.41, 5.74) is 2.06. The summed E-state index contributed by atoms with van der Waals surface area (Å²) in [5, 5.41) is 3.61. The lowest BCUT2D eigenvalue weighted by Crippen LogP contribution is -2.23. The van der Waals surface area contributed by atoms with Gasteiger partial charge in [0.15, 0.2) is 5.78 Å². The molecule has 0 amide bonds. The fourth-order valence-corrected chi connectivity index (χ4v) is 2.73. The first kappa shape index (κ1) is 19.8. The molecule has 1 N–H and O–H groups in total. The highest BCUT2D eigenvalue weighted by molar-refractivity contribution is 6.30. The van der Waals surface area contributed by atoms with Crippen LogP contribution in [0.4, 0.5) is 0 Å². The van der Waals surface area contributed by atoms with E-state index in [1.807, 2.05) is 19.2 Å². The van der Waals surface area contributed by atoms with Crippen LogP contribution in [-0.2, 0) is 19.7 Å². The number of ketones is 1. The number of hydrogen-bond acceptors (Lipinski definition) is 5. The molecule has 0 spiro atoms. The van der Waals surface area contributed by atoms with E-state index in [1.165, 1.54) is 16.8 Å². The third-order valence-electron chi connectivity index (χ3n) is 4.11. The van der Waals surface area contributed by atoms with Crippen molar-refractivity contribution in [2.45, 2.75) is 19.7 Å². The van der Waals surface area contributed by atoms with Crippen molar-refractivity contribution in [1.29, 1.82) is 0 Å². The van der Waals surface area contributed by atoms with Gasteiger partial charge in [0, 0.05) is 30.6 Å². The Morgan fingerprint density at radius 3 is 2.61 bits per heavy atom. The molecule has 0 radical (unpaired) electrons. The average molecular weight is 398 g/mol. The largest absolute Gasteiger partial charge is 0.487 e. The molecule has 3 aromatic rings. The second-order valence-electron chi connectivity index (χ2n) is 6.24. The lowest BCUT2D eigenvalue weighted by atomic mass is 10.1. The molecule has 0 atom stereocenters. The smallest absolute Gasteiger partial charge is 0.254 e. The van der Waals surface area contributed by atoms with Crippen molar-refractivity contribution < 1.29 is 9.53 Å². The van der Waals surface area contributed by atoms with Crippen LogP contribution in [0.25, 0.3) is 0 Å². The molecule has 2 aromatic heterocycles. The first-order valence-corrected chi connectivity index (χ1v) is 9.13. The molecular weight excluding hydrogens is 378 g/mol. The van der Waals surface area contributed by atoms with E-state index in [1.54, 1.807) is 36.5 Å². The van der Waals surface area contributed by atoms with E-state index in [4.69, 9.17) is 16.3 Å². The highest BCUT2D eigenvalue weighted by Gasteiger charge is 2.09. The van der Waals surface area contributed by atoms with Crippen molar-refractivity contribution in [2.75, 3.05) is 7.05 Å². The monoisotopic (exact) mass is 397 g/mol. The summed E-state index contributed by atoms with van der Waals surface area (Å²) in [6.07, 6.45) is 3.09. The second-order valence-corrected chi connectivity index (χ2v) is 6.67. The van der Waals surface area contributed by atoms with Gasteiger partial charge in [0.05, 0.1) is 17.3 Å². The van der Waals surface area contributed by atoms with Gasteiger partial charge >= 0.3 is 0 Å². The Morgan fingerprint density at radius 2 is 1.96 bits per heavy atom. The van der Waals surface area contributed by atoms with Crippen molar-refractivity contribution in [3.05, 3.63) is 93.1 Å². The molecule has 6 nitrogen and oxygen atoms in total. The summed E-state index contributed by atoms with van der Waals surface area (Å²) in [7, 11) is 1.87. The maximum Gasteiger partial charge on any atom is 0.254 e. The highest BCUT2D eigenvalue weighted by Crippen LogP contribution is 2.11. The van der Waals surface area contributed by atoms with Crippen LogP contribution >= 0.6 is 11.6 Å². The molecule has 1 aromatic carbocycles. The van der Waals surface area contributed by atoms with E-state index in [0.717, 1.165) is 12.1 Å². The number of halogens is 1. The van der Waals surface area contributed by atoms with Gasteiger partial charge in [-0.1, -0.05) is 35.9 Å². The number of rotatable bonds is 8. The van der Waals surface area contributed by atoms with E-state index in [9.17, 15) is 9.59 Å².